The molecule has 0 radical (unpaired) electrons. The van der Waals surface area contributed by atoms with Crippen molar-refractivity contribution < 1.29 is 18.6 Å². The van der Waals surface area contributed by atoms with Crippen LogP contribution in [0.2, 0.25) is 0 Å². The first-order valence-corrected chi connectivity index (χ1v) is 7.15. The van der Waals surface area contributed by atoms with Gasteiger partial charge in [-0.2, -0.15) is 0 Å². The highest BCUT2D eigenvalue weighted by Gasteiger charge is 2.21. The molecule has 0 fully saturated rings. The van der Waals surface area contributed by atoms with E-state index < -0.39 is 9.84 Å². The van der Waals surface area contributed by atoms with E-state index in [4.69, 9.17) is 0 Å². The van der Waals surface area contributed by atoms with E-state index in [9.17, 15) is 18.6 Å². The molecule has 0 bridgehead atoms. The van der Waals surface area contributed by atoms with Gasteiger partial charge in [0.2, 0.25) is 9.84 Å². The Morgan fingerprint density at radius 2 is 1.47 bits per heavy atom. The van der Waals surface area contributed by atoms with E-state index in [1.807, 2.05) is 0 Å². The zero-order valence-corrected chi connectivity index (χ0v) is 11.4. The van der Waals surface area contributed by atoms with Crippen LogP contribution in [0.25, 0.3) is 0 Å². The molecule has 0 spiro atoms. The first-order chi connectivity index (χ1) is 8.84. The molecule has 4 nitrogen and oxygen atoms in total. The van der Waals surface area contributed by atoms with Crippen LogP contribution in [0.4, 0.5) is 0 Å². The van der Waals surface area contributed by atoms with Gasteiger partial charge in [0.25, 0.3) is 0 Å². The summed E-state index contributed by atoms with van der Waals surface area (Å²) in [5.74, 6) is -0.487. The Kier molecular flexibility index (Phi) is 3.24. The maximum atomic E-state index is 12.4. The van der Waals surface area contributed by atoms with Gasteiger partial charge < -0.3 is 10.2 Å². The first-order valence-electron chi connectivity index (χ1n) is 5.67. The van der Waals surface area contributed by atoms with Crippen molar-refractivity contribution in [2.24, 2.45) is 0 Å². The minimum atomic E-state index is -3.75. The van der Waals surface area contributed by atoms with Gasteiger partial charge in [-0.15, -0.1) is 0 Å². The fraction of sp³-hybridized carbons (Fsp3) is 0.143. The average molecular weight is 278 g/mol. The summed E-state index contributed by atoms with van der Waals surface area (Å²) in [6, 6.07) is 8.87. The van der Waals surface area contributed by atoms with Crippen molar-refractivity contribution in [2.45, 2.75) is 23.6 Å². The Balaban J connectivity index is 2.68. The van der Waals surface area contributed by atoms with Crippen LogP contribution in [0.15, 0.2) is 46.2 Å². The van der Waals surface area contributed by atoms with Crippen LogP contribution in [0, 0.1) is 13.8 Å². The van der Waals surface area contributed by atoms with Crippen LogP contribution in [0.1, 0.15) is 11.1 Å². The summed E-state index contributed by atoms with van der Waals surface area (Å²) in [7, 11) is -3.75. The number of benzene rings is 2. The van der Waals surface area contributed by atoms with Gasteiger partial charge in [0.05, 0.1) is 9.79 Å². The van der Waals surface area contributed by atoms with Crippen LogP contribution in [-0.4, -0.2) is 18.6 Å². The second-order valence-corrected chi connectivity index (χ2v) is 6.27. The molecular formula is C14H14O4S. The largest absolute Gasteiger partial charge is 0.507 e. The number of sulfone groups is 1. The molecule has 0 aromatic heterocycles. The molecule has 100 valence electrons. The lowest BCUT2D eigenvalue weighted by atomic mass is 10.2. The van der Waals surface area contributed by atoms with Crippen molar-refractivity contribution in [3.8, 4) is 11.5 Å². The third kappa shape index (κ3) is 2.29. The quantitative estimate of drug-likeness (QED) is 0.885. The molecule has 0 atom stereocenters. The molecule has 19 heavy (non-hydrogen) atoms. The Morgan fingerprint density at radius 1 is 0.947 bits per heavy atom. The number of phenolic OH excluding ortho intramolecular Hbond substituents is 2. The third-order valence-corrected chi connectivity index (χ3v) is 4.91. The van der Waals surface area contributed by atoms with Crippen LogP contribution in [-0.2, 0) is 9.84 Å². The molecule has 0 unspecified atom stereocenters. The molecule has 0 amide bonds. The molecule has 2 rings (SSSR count). The van der Waals surface area contributed by atoms with E-state index >= 15 is 0 Å². The smallest absolute Gasteiger partial charge is 0.207 e. The van der Waals surface area contributed by atoms with E-state index in [-0.39, 0.29) is 26.9 Å². The van der Waals surface area contributed by atoms with Crippen molar-refractivity contribution >= 4 is 9.84 Å². The predicted octanol–water partition coefficient (Wildman–Crippen LogP) is 2.55. The van der Waals surface area contributed by atoms with Crippen molar-refractivity contribution in [3.63, 3.8) is 0 Å². The summed E-state index contributed by atoms with van der Waals surface area (Å²) in [6.45, 7) is 3.20. The lowest BCUT2D eigenvalue weighted by molar-refractivity contribution is 0.439. The average Bonchev–Trinajstić information content (AvgIpc) is 2.35. The van der Waals surface area contributed by atoms with Crippen LogP contribution < -0.4 is 0 Å². The summed E-state index contributed by atoms with van der Waals surface area (Å²) >= 11 is 0. The standard InChI is InChI=1S/C14H14O4S/c1-9-5-3-4-6-14(9)19(17,18)11-7-12(15)10(2)13(16)8-11/h3-8,15-16H,1-2H3. The Morgan fingerprint density at radius 3 is 2.00 bits per heavy atom. The Labute approximate surface area is 111 Å². The highest BCUT2D eigenvalue weighted by molar-refractivity contribution is 7.91. The van der Waals surface area contributed by atoms with E-state index in [0.29, 0.717) is 5.56 Å². The van der Waals surface area contributed by atoms with Crippen molar-refractivity contribution in [3.05, 3.63) is 47.5 Å². The molecule has 0 saturated carbocycles. The molecular weight excluding hydrogens is 264 g/mol. The van der Waals surface area contributed by atoms with E-state index in [1.165, 1.54) is 13.0 Å². The van der Waals surface area contributed by atoms with Gasteiger partial charge in [-0.25, -0.2) is 8.42 Å². The summed E-state index contributed by atoms with van der Waals surface area (Å²) in [4.78, 5) is 0.0417. The van der Waals surface area contributed by atoms with Gasteiger partial charge in [-0.1, -0.05) is 18.2 Å². The molecule has 5 heteroatoms. The minimum Gasteiger partial charge on any atom is -0.507 e. The van der Waals surface area contributed by atoms with Crippen LogP contribution in [0.3, 0.4) is 0 Å². The van der Waals surface area contributed by atoms with Gasteiger partial charge >= 0.3 is 0 Å². The zero-order chi connectivity index (χ0) is 14.2. The number of hydrogen-bond acceptors (Lipinski definition) is 4. The van der Waals surface area contributed by atoms with Crippen molar-refractivity contribution in [2.75, 3.05) is 0 Å². The molecule has 0 heterocycles. The maximum absolute atomic E-state index is 12.4. The summed E-state index contributed by atoms with van der Waals surface area (Å²) in [5.41, 5.74) is 0.866. The summed E-state index contributed by atoms with van der Waals surface area (Å²) in [6.07, 6.45) is 0. The molecule has 2 aromatic carbocycles. The maximum Gasteiger partial charge on any atom is 0.207 e. The highest BCUT2D eigenvalue weighted by atomic mass is 32.2. The van der Waals surface area contributed by atoms with Crippen LogP contribution in [0.5, 0.6) is 11.5 Å². The van der Waals surface area contributed by atoms with Crippen molar-refractivity contribution in [1.29, 1.82) is 0 Å². The Bertz CT molecular complexity index is 710. The predicted molar refractivity (Wildman–Crippen MR) is 71.1 cm³/mol. The first kappa shape index (κ1) is 13.4. The summed E-state index contributed by atoms with van der Waals surface area (Å²) in [5, 5.41) is 19.3. The minimum absolute atomic E-state index is 0.123. The number of phenols is 2. The Hall–Kier alpha value is -2.01. The molecule has 0 aliphatic carbocycles. The second-order valence-electron chi connectivity index (χ2n) is 4.36. The second kappa shape index (κ2) is 4.59. The number of aryl methyl sites for hydroxylation is 1. The lowest BCUT2D eigenvalue weighted by Crippen LogP contribution is -2.04. The van der Waals surface area contributed by atoms with Gasteiger partial charge in [-0.05, 0) is 37.6 Å². The van der Waals surface area contributed by atoms with Crippen LogP contribution >= 0.6 is 0 Å². The van der Waals surface area contributed by atoms with E-state index in [0.717, 1.165) is 12.1 Å². The van der Waals surface area contributed by atoms with E-state index in [1.54, 1.807) is 25.1 Å². The zero-order valence-electron chi connectivity index (χ0n) is 10.6. The van der Waals surface area contributed by atoms with E-state index in [2.05, 4.69) is 0 Å². The van der Waals surface area contributed by atoms with Crippen molar-refractivity contribution in [1.82, 2.24) is 0 Å². The topological polar surface area (TPSA) is 74.6 Å². The number of hydrogen-bond donors (Lipinski definition) is 2. The van der Waals surface area contributed by atoms with Gasteiger partial charge in [0.1, 0.15) is 11.5 Å². The summed E-state index contributed by atoms with van der Waals surface area (Å²) < 4.78 is 24.9. The number of aromatic hydroxyl groups is 2. The van der Waals surface area contributed by atoms with Gasteiger partial charge in [0.15, 0.2) is 0 Å². The highest BCUT2D eigenvalue weighted by Crippen LogP contribution is 2.33. The molecule has 0 saturated heterocycles. The SMILES string of the molecule is Cc1ccccc1S(=O)(=O)c1cc(O)c(C)c(O)c1. The third-order valence-electron chi connectivity index (χ3n) is 3.02. The molecule has 2 aromatic rings. The van der Waals surface area contributed by atoms with Gasteiger partial charge in [-0.3, -0.25) is 0 Å². The molecule has 2 N–H and O–H groups in total. The molecule has 0 aliphatic heterocycles. The fourth-order valence-corrected chi connectivity index (χ4v) is 3.34. The number of rotatable bonds is 2. The molecule has 0 aliphatic rings. The van der Waals surface area contributed by atoms with Gasteiger partial charge in [0, 0.05) is 5.56 Å². The fourth-order valence-electron chi connectivity index (χ4n) is 1.80. The normalized spacial score (nSPS) is 11.5. The monoisotopic (exact) mass is 278 g/mol. The lowest BCUT2D eigenvalue weighted by Gasteiger charge is -2.10.